The van der Waals surface area contributed by atoms with Crippen LogP contribution in [0.4, 0.5) is 0 Å². The number of hydrogen-bond acceptors (Lipinski definition) is 24. The van der Waals surface area contributed by atoms with Crippen molar-refractivity contribution in [2.45, 2.75) is 231 Å². The van der Waals surface area contributed by atoms with E-state index in [1.54, 1.807) is 0 Å². The second-order valence-electron chi connectivity index (χ2n) is 30.6. The fourth-order valence-electron chi connectivity index (χ4n) is 11.9. The van der Waals surface area contributed by atoms with Crippen LogP contribution in [0.25, 0.3) is 0 Å². The molecule has 1 aliphatic carbocycles. The minimum atomic E-state index is 0.938. The maximum Gasteiger partial charge on any atom is 0.0135 e. The lowest BCUT2D eigenvalue weighted by atomic mass is 10.2. The quantitative estimate of drug-likeness (QED) is 0.0201. The van der Waals surface area contributed by atoms with E-state index >= 15 is 0 Å². The molecule has 1 aliphatic rings. The summed E-state index contributed by atoms with van der Waals surface area (Å²) in [5.41, 5.74) is 0. The standard InChI is InChI=1S/C17H38N4.4C16H36N4.C14H32N4/c1-3-18-9-5-7-11-20-14-16-13-17(16)15-21-12-8-6-10-19-4-2;4*1-3-17-11-5-7-13-19-15-9-10-16-20-14-8-6-12-18-4-2;1-3-15-11-7-13-17-9-5-6-10-18-14-8-12-16-4-2/h16-21H,3-15H2,1-2H3;4*9-10,17-20H,3-8,11-16H2,1-2H3;5-6,15-18H,3-4,7-14H2,1-2H3/b;2*10-9+;2*10-9-;6-5-. The third-order valence-corrected chi connectivity index (χ3v) is 19.3. The molecule has 2 atom stereocenters. The van der Waals surface area contributed by atoms with E-state index in [1.807, 2.05) is 0 Å². The van der Waals surface area contributed by atoms with Crippen molar-refractivity contribution in [2.24, 2.45) is 11.8 Å². The van der Waals surface area contributed by atoms with Crippen molar-refractivity contribution in [2.75, 3.05) is 314 Å². The molecule has 0 aromatic carbocycles. The third-order valence-electron chi connectivity index (χ3n) is 19.3. The van der Waals surface area contributed by atoms with Crippen LogP contribution in [0.1, 0.15) is 231 Å². The highest BCUT2D eigenvalue weighted by Gasteiger charge is 2.35. The van der Waals surface area contributed by atoms with Gasteiger partial charge in [-0.2, -0.15) is 0 Å². The van der Waals surface area contributed by atoms with Crippen molar-refractivity contribution in [1.82, 2.24) is 128 Å². The van der Waals surface area contributed by atoms with Crippen molar-refractivity contribution in [3.63, 3.8) is 0 Å². The van der Waals surface area contributed by atoms with E-state index in [0.29, 0.717) is 0 Å². The second-order valence-corrected chi connectivity index (χ2v) is 30.6. The number of rotatable bonds is 94. The Morgan fingerprint density at radius 3 is 0.361 bits per heavy atom. The highest BCUT2D eigenvalue weighted by atomic mass is 15.0. The maximum atomic E-state index is 3.62. The molecular weight excluding hydrogens is 1480 g/mol. The van der Waals surface area contributed by atoms with Gasteiger partial charge in [0.05, 0.1) is 0 Å². The van der Waals surface area contributed by atoms with Gasteiger partial charge in [-0.15, -0.1) is 0 Å². The molecule has 24 heteroatoms. The summed E-state index contributed by atoms with van der Waals surface area (Å²) in [5.74, 6) is 1.88. The summed E-state index contributed by atoms with van der Waals surface area (Å²) < 4.78 is 0. The SMILES string of the molecule is CCNCCCCNC/C=C/CNCCCCNCC.CCNCCCCNC/C=C/CNCCCCNCC.CCNCCCCNC/C=C\CNCCCCNCC.CCNCCCCNC/C=C\CNCCCCNCC.CCNCCCCNCC1CC1CNCCCCNCC.CCNCCCNC/C=C\CNCCCNCC. The van der Waals surface area contributed by atoms with E-state index in [0.717, 1.165) is 287 Å². The Bertz CT molecular complexity index is 1540. The van der Waals surface area contributed by atoms with Crippen molar-refractivity contribution in [3.05, 3.63) is 60.8 Å². The molecular formula is C95H214N24. The summed E-state index contributed by atoms with van der Waals surface area (Å²) in [5, 5.41) is 81.6. The van der Waals surface area contributed by atoms with Crippen LogP contribution in [-0.2, 0) is 0 Å². The van der Waals surface area contributed by atoms with Crippen LogP contribution < -0.4 is 128 Å². The molecule has 24 nitrogen and oxygen atoms in total. The van der Waals surface area contributed by atoms with Crippen LogP contribution in [0, 0.1) is 11.8 Å². The smallest absolute Gasteiger partial charge is 0.0135 e. The predicted molar refractivity (Wildman–Crippen MR) is 536 cm³/mol. The van der Waals surface area contributed by atoms with E-state index in [4.69, 9.17) is 0 Å². The first kappa shape index (κ1) is 125. The van der Waals surface area contributed by atoms with E-state index in [2.05, 4.69) is 271 Å². The summed E-state index contributed by atoms with van der Waals surface area (Å²) in [7, 11) is 0. The zero-order valence-electron chi connectivity index (χ0n) is 81.1. The monoisotopic (exact) mass is 1690 g/mol. The average molecular weight is 1690 g/mol. The van der Waals surface area contributed by atoms with Gasteiger partial charge in [-0.3, -0.25) is 0 Å². The molecule has 0 saturated heterocycles. The van der Waals surface area contributed by atoms with E-state index in [1.165, 1.54) is 187 Å². The molecule has 0 radical (unpaired) electrons. The molecule has 0 aromatic rings. The normalized spacial score (nSPS) is 13.1. The first-order chi connectivity index (χ1) is 59.0. The molecule has 0 spiro atoms. The Labute approximate surface area is 741 Å². The molecule has 1 fully saturated rings. The lowest BCUT2D eigenvalue weighted by Crippen LogP contribution is -2.23. The number of unbranched alkanes of at least 4 members (excludes halogenated alkanes) is 10. The molecule has 0 amide bonds. The highest BCUT2D eigenvalue weighted by Crippen LogP contribution is 2.37. The number of hydrogen-bond donors (Lipinski definition) is 24. The van der Waals surface area contributed by atoms with Gasteiger partial charge in [0, 0.05) is 65.4 Å². The van der Waals surface area contributed by atoms with Gasteiger partial charge in [0.1, 0.15) is 0 Å². The van der Waals surface area contributed by atoms with Gasteiger partial charge in [0.15, 0.2) is 0 Å². The lowest BCUT2D eigenvalue weighted by molar-refractivity contribution is 0.531. The van der Waals surface area contributed by atoms with Crippen LogP contribution >= 0.6 is 0 Å². The van der Waals surface area contributed by atoms with E-state index in [-0.39, 0.29) is 0 Å². The highest BCUT2D eigenvalue weighted by molar-refractivity contribution is 4.91. The molecule has 2 unspecified atom stereocenters. The van der Waals surface area contributed by atoms with Gasteiger partial charge >= 0.3 is 0 Å². The molecule has 119 heavy (non-hydrogen) atoms. The minimum Gasteiger partial charge on any atom is -0.317 e. The van der Waals surface area contributed by atoms with Crippen molar-refractivity contribution < 1.29 is 0 Å². The summed E-state index contributed by atoms with van der Waals surface area (Å²) in [4.78, 5) is 0. The molecule has 0 aromatic heterocycles. The van der Waals surface area contributed by atoms with Gasteiger partial charge in [-0.1, -0.05) is 144 Å². The van der Waals surface area contributed by atoms with Crippen LogP contribution in [0.2, 0.25) is 0 Å². The summed E-state index contributed by atoms with van der Waals surface area (Å²) in [6, 6.07) is 0. The molecule has 1 saturated carbocycles. The molecule has 0 bridgehead atoms. The number of nitrogens with one attached hydrogen (secondary N) is 24. The minimum absolute atomic E-state index is 0.938. The van der Waals surface area contributed by atoms with E-state index < -0.39 is 0 Å². The fraction of sp³-hybridized carbons (Fsp3) is 0.895. The Hall–Kier alpha value is -2.26. The Kier molecular flexibility index (Phi) is 136. The molecule has 0 heterocycles. The molecule has 714 valence electrons. The van der Waals surface area contributed by atoms with Crippen molar-refractivity contribution >= 4 is 0 Å². The summed E-state index contributed by atoms with van der Waals surface area (Å²) in [6.45, 7) is 78.4. The average Bonchev–Trinajstić information content (AvgIpc) is 1.71. The van der Waals surface area contributed by atoms with Gasteiger partial charge in [-0.25, -0.2) is 0 Å². The first-order valence-electron chi connectivity index (χ1n) is 50.2. The zero-order chi connectivity index (χ0) is 87.4. The third kappa shape index (κ3) is 136. The Morgan fingerprint density at radius 1 is 0.134 bits per heavy atom. The fourth-order valence-corrected chi connectivity index (χ4v) is 11.9. The Morgan fingerprint density at radius 2 is 0.235 bits per heavy atom. The van der Waals surface area contributed by atoms with Crippen LogP contribution in [0.3, 0.4) is 0 Å². The predicted octanol–water partition coefficient (Wildman–Crippen LogP) is 8.31. The summed E-state index contributed by atoms with van der Waals surface area (Å²) >= 11 is 0. The van der Waals surface area contributed by atoms with Gasteiger partial charge in [0.2, 0.25) is 0 Å². The molecule has 1 rings (SSSR count). The van der Waals surface area contributed by atoms with Crippen LogP contribution in [0.5, 0.6) is 0 Å². The topological polar surface area (TPSA) is 289 Å². The van der Waals surface area contributed by atoms with Crippen LogP contribution in [-0.4, -0.2) is 314 Å². The van der Waals surface area contributed by atoms with Crippen LogP contribution in [0.15, 0.2) is 60.8 Å². The van der Waals surface area contributed by atoms with Gasteiger partial charge < -0.3 is 128 Å². The molecule has 0 aliphatic heterocycles. The summed E-state index contributed by atoms with van der Waals surface area (Å²) in [6.07, 6.45) is 51.3. The Balaban J connectivity index is -0.000000437. The first-order valence-corrected chi connectivity index (χ1v) is 50.2. The maximum absolute atomic E-state index is 3.62. The second kappa shape index (κ2) is 129. The zero-order valence-corrected chi connectivity index (χ0v) is 81.1. The lowest BCUT2D eigenvalue weighted by Gasteiger charge is -2.06. The van der Waals surface area contributed by atoms with Crippen molar-refractivity contribution in [1.29, 1.82) is 0 Å². The van der Waals surface area contributed by atoms with Crippen molar-refractivity contribution in [3.8, 4) is 0 Å². The van der Waals surface area contributed by atoms with E-state index in [9.17, 15) is 0 Å². The largest absolute Gasteiger partial charge is 0.317 e. The van der Waals surface area contributed by atoms with Gasteiger partial charge in [-0.05, 0) is 408 Å². The molecule has 24 N–H and O–H groups in total. The van der Waals surface area contributed by atoms with Gasteiger partial charge in [0.25, 0.3) is 0 Å².